The molecule has 0 aliphatic rings. The number of amides is 1. The van der Waals surface area contributed by atoms with Crippen LogP contribution in [0.2, 0.25) is 0 Å². The average Bonchev–Trinajstić information content (AvgIpc) is 2.25. The maximum atomic E-state index is 11.8. The summed E-state index contributed by atoms with van der Waals surface area (Å²) in [6.07, 6.45) is 3.17. The van der Waals surface area contributed by atoms with Gasteiger partial charge in [-0.2, -0.15) is 0 Å². The van der Waals surface area contributed by atoms with Gasteiger partial charge in [0.2, 0.25) is 0 Å². The number of rotatable bonds is 6. The Morgan fingerprint density at radius 1 is 1.47 bits per heavy atom. The largest absolute Gasteiger partial charge is 0.384 e. The molecule has 0 spiro atoms. The summed E-state index contributed by atoms with van der Waals surface area (Å²) in [5.74, 6) is -0.131. The predicted molar refractivity (Wildman–Crippen MR) is 61.1 cm³/mol. The van der Waals surface area contributed by atoms with Crippen molar-refractivity contribution in [3.05, 3.63) is 11.3 Å². The molecule has 0 atom stereocenters. The first-order valence-corrected chi connectivity index (χ1v) is 5.28. The van der Waals surface area contributed by atoms with Gasteiger partial charge in [0.25, 0.3) is 5.91 Å². The maximum Gasteiger partial charge on any atom is 0.293 e. The molecule has 0 aromatic carbocycles. The molecule has 0 aromatic rings. The molecule has 0 unspecified atom stereocenters. The lowest BCUT2D eigenvalue weighted by atomic mass is 10.1. The molecule has 0 saturated heterocycles. The summed E-state index contributed by atoms with van der Waals surface area (Å²) in [5.41, 5.74) is 1.71. The fraction of sp³-hybridized carbons (Fsp3) is 0.727. The Bertz CT molecular complexity index is 237. The molecule has 15 heavy (non-hydrogen) atoms. The summed E-state index contributed by atoms with van der Waals surface area (Å²) in [6, 6.07) is 0. The highest BCUT2D eigenvalue weighted by atomic mass is 16.7. The lowest BCUT2D eigenvalue weighted by molar-refractivity contribution is -0.164. The third-order valence-corrected chi connectivity index (χ3v) is 2.36. The van der Waals surface area contributed by atoms with Gasteiger partial charge in [-0.3, -0.25) is 9.63 Å². The molecule has 4 heteroatoms. The third-order valence-electron chi connectivity index (χ3n) is 2.36. The van der Waals surface area contributed by atoms with E-state index in [9.17, 15) is 4.79 Å². The van der Waals surface area contributed by atoms with E-state index in [1.165, 1.54) is 12.2 Å². The van der Waals surface area contributed by atoms with Crippen LogP contribution in [-0.4, -0.2) is 32.2 Å². The highest BCUT2D eigenvalue weighted by molar-refractivity contribution is 5.92. The van der Waals surface area contributed by atoms with Crippen LogP contribution in [0.15, 0.2) is 11.3 Å². The smallest absolute Gasteiger partial charge is 0.293 e. The summed E-state index contributed by atoms with van der Waals surface area (Å²) in [6.45, 7) is 4.11. The van der Waals surface area contributed by atoms with Gasteiger partial charge in [-0.15, -0.1) is 0 Å². The van der Waals surface area contributed by atoms with Crippen molar-refractivity contribution in [1.29, 1.82) is 0 Å². The molecule has 0 aliphatic carbocycles. The zero-order chi connectivity index (χ0) is 11.8. The van der Waals surface area contributed by atoms with Crippen LogP contribution < -0.4 is 5.32 Å². The Balaban J connectivity index is 4.64. The number of nitrogens with zero attached hydrogens (tertiary/aromatic N) is 1. The van der Waals surface area contributed by atoms with E-state index in [1.807, 2.05) is 6.92 Å². The number of hydroxylamine groups is 2. The second-order valence-electron chi connectivity index (χ2n) is 3.49. The van der Waals surface area contributed by atoms with Crippen molar-refractivity contribution in [2.75, 3.05) is 21.2 Å². The van der Waals surface area contributed by atoms with E-state index in [1.54, 1.807) is 14.1 Å². The zero-order valence-electron chi connectivity index (χ0n) is 10.4. The normalized spacial score (nSPS) is 12.1. The van der Waals surface area contributed by atoms with Gasteiger partial charge in [0.15, 0.2) is 0 Å². The molecule has 0 aliphatic heterocycles. The fourth-order valence-electron chi connectivity index (χ4n) is 1.31. The maximum absolute atomic E-state index is 11.8. The highest BCUT2D eigenvalue weighted by Gasteiger charge is 2.15. The van der Waals surface area contributed by atoms with Gasteiger partial charge >= 0.3 is 0 Å². The average molecular weight is 214 g/mol. The second kappa shape index (κ2) is 7.29. The van der Waals surface area contributed by atoms with Gasteiger partial charge in [0.1, 0.15) is 5.70 Å². The minimum Gasteiger partial charge on any atom is -0.384 e. The fourth-order valence-corrected chi connectivity index (χ4v) is 1.31. The lowest BCUT2D eigenvalue weighted by Gasteiger charge is -2.17. The number of unbranched alkanes of at least 4 members (excludes halogenated alkanes) is 1. The number of hydrogen-bond acceptors (Lipinski definition) is 3. The number of carbonyl (C=O) groups excluding carboxylic acids is 1. The van der Waals surface area contributed by atoms with Crippen molar-refractivity contribution in [2.45, 2.75) is 33.1 Å². The molecule has 0 rings (SSSR count). The van der Waals surface area contributed by atoms with Crippen LogP contribution in [0, 0.1) is 0 Å². The molecular weight excluding hydrogens is 192 g/mol. The molecule has 1 N–H and O–H groups in total. The van der Waals surface area contributed by atoms with E-state index >= 15 is 0 Å². The van der Waals surface area contributed by atoms with Crippen molar-refractivity contribution in [1.82, 2.24) is 10.4 Å². The molecule has 1 amide bonds. The van der Waals surface area contributed by atoms with E-state index in [2.05, 4.69) is 12.2 Å². The predicted octanol–water partition coefficient (Wildman–Crippen LogP) is 1.69. The first-order chi connectivity index (χ1) is 7.08. The van der Waals surface area contributed by atoms with Crippen LogP contribution in [0.1, 0.15) is 33.1 Å². The van der Waals surface area contributed by atoms with Gasteiger partial charge in [-0.1, -0.05) is 13.3 Å². The first-order valence-electron chi connectivity index (χ1n) is 5.28. The van der Waals surface area contributed by atoms with Gasteiger partial charge < -0.3 is 5.32 Å². The quantitative estimate of drug-likeness (QED) is 0.540. The number of allylic oxidation sites excluding steroid dienone is 1. The monoisotopic (exact) mass is 214 g/mol. The van der Waals surface area contributed by atoms with Crippen molar-refractivity contribution >= 4 is 5.91 Å². The summed E-state index contributed by atoms with van der Waals surface area (Å²) >= 11 is 0. The lowest BCUT2D eigenvalue weighted by Crippen LogP contribution is -2.32. The van der Waals surface area contributed by atoms with Crippen molar-refractivity contribution in [3.8, 4) is 0 Å². The molecule has 0 radical (unpaired) electrons. The topological polar surface area (TPSA) is 41.6 Å². The Morgan fingerprint density at radius 2 is 2.07 bits per heavy atom. The van der Waals surface area contributed by atoms with Crippen LogP contribution >= 0.6 is 0 Å². The van der Waals surface area contributed by atoms with Crippen LogP contribution in [0.4, 0.5) is 0 Å². The zero-order valence-corrected chi connectivity index (χ0v) is 10.4. The van der Waals surface area contributed by atoms with E-state index in [-0.39, 0.29) is 5.91 Å². The second-order valence-corrected chi connectivity index (χ2v) is 3.49. The van der Waals surface area contributed by atoms with Crippen molar-refractivity contribution < 1.29 is 9.63 Å². The van der Waals surface area contributed by atoms with Gasteiger partial charge in [0.05, 0.1) is 7.11 Å². The van der Waals surface area contributed by atoms with Crippen LogP contribution in [0.5, 0.6) is 0 Å². The summed E-state index contributed by atoms with van der Waals surface area (Å²) < 4.78 is 0. The van der Waals surface area contributed by atoms with Crippen LogP contribution in [-0.2, 0) is 9.63 Å². The molecule has 0 fully saturated rings. The standard InChI is InChI=1S/C11H22N2O2/c1-6-7-8-9(2)10(12-3)11(14)13(4)15-5/h12H,6-8H2,1-5H3. The number of likely N-dealkylation sites (N-methyl/N-ethyl adjacent to an activating group) is 2. The highest BCUT2D eigenvalue weighted by Crippen LogP contribution is 2.11. The number of nitrogens with one attached hydrogen (secondary N) is 1. The number of carbonyl (C=O) groups is 1. The summed E-state index contributed by atoms with van der Waals surface area (Å²) in [7, 11) is 4.84. The van der Waals surface area contributed by atoms with Crippen molar-refractivity contribution in [2.24, 2.45) is 0 Å². The Labute approximate surface area is 92.2 Å². The Morgan fingerprint density at radius 3 is 2.47 bits per heavy atom. The Kier molecular flexibility index (Phi) is 6.79. The van der Waals surface area contributed by atoms with Crippen molar-refractivity contribution in [3.63, 3.8) is 0 Å². The van der Waals surface area contributed by atoms with E-state index < -0.39 is 0 Å². The SMILES string of the molecule is CCCCC(C)=C(NC)C(=O)N(C)OC. The molecule has 0 bridgehead atoms. The van der Waals surface area contributed by atoms with Gasteiger partial charge in [0, 0.05) is 14.1 Å². The molecule has 88 valence electrons. The summed E-state index contributed by atoms with van der Waals surface area (Å²) in [5, 5.41) is 4.16. The minimum absolute atomic E-state index is 0.131. The molecule has 4 nitrogen and oxygen atoms in total. The molecular formula is C11H22N2O2. The first kappa shape index (κ1) is 14.0. The van der Waals surface area contributed by atoms with Crippen LogP contribution in [0.25, 0.3) is 0 Å². The van der Waals surface area contributed by atoms with E-state index in [4.69, 9.17) is 4.84 Å². The van der Waals surface area contributed by atoms with Crippen LogP contribution in [0.3, 0.4) is 0 Å². The summed E-state index contributed by atoms with van der Waals surface area (Å²) in [4.78, 5) is 16.6. The third kappa shape index (κ3) is 4.34. The molecule has 0 saturated carbocycles. The molecule has 0 heterocycles. The van der Waals surface area contributed by atoms with Gasteiger partial charge in [-0.05, 0) is 25.3 Å². The Hall–Kier alpha value is -1.03. The van der Waals surface area contributed by atoms with Gasteiger partial charge in [-0.25, -0.2) is 5.06 Å². The minimum atomic E-state index is -0.131. The van der Waals surface area contributed by atoms with E-state index in [0.717, 1.165) is 24.8 Å². The number of hydrogen-bond donors (Lipinski definition) is 1. The van der Waals surface area contributed by atoms with E-state index in [0.29, 0.717) is 5.70 Å². The molecule has 0 aromatic heterocycles.